The average molecular weight is 225 g/mol. The van der Waals surface area contributed by atoms with Crippen LogP contribution < -0.4 is 0 Å². The van der Waals surface area contributed by atoms with Crippen LogP contribution in [0.1, 0.15) is 41.5 Å². The Morgan fingerprint density at radius 2 is 1.00 bits per heavy atom. The van der Waals surface area contributed by atoms with Crippen LogP contribution in [0.2, 0.25) is 0 Å². The molecule has 2 heteroatoms. The van der Waals surface area contributed by atoms with Gasteiger partial charge in [0, 0.05) is 0 Å². The Kier molecular flexibility index (Phi) is 3.39. The monoisotopic (exact) mass is 224 g/mol. The molecular formula is C8H18BrP. The quantitative estimate of drug-likeness (QED) is 0.537. The van der Waals surface area contributed by atoms with Gasteiger partial charge in [-0.1, -0.05) is 57.0 Å². The summed E-state index contributed by atoms with van der Waals surface area (Å²) in [4.78, 5) is 0. The smallest absolute Gasteiger partial charge is 0.00765 e. The maximum absolute atomic E-state index is 3.78. The molecule has 62 valence electrons. The Hall–Kier alpha value is 0.910. The van der Waals surface area contributed by atoms with Gasteiger partial charge in [0.15, 0.2) is 0 Å². The molecule has 0 unspecified atom stereocenters. The molecule has 0 nitrogen and oxygen atoms in total. The van der Waals surface area contributed by atoms with Crippen LogP contribution in [-0.2, 0) is 0 Å². The maximum atomic E-state index is 3.78. The van der Waals surface area contributed by atoms with Gasteiger partial charge in [0.05, 0.1) is 0 Å². The highest BCUT2D eigenvalue weighted by Crippen LogP contribution is 2.64. The molecule has 0 N–H and O–H groups in total. The summed E-state index contributed by atoms with van der Waals surface area (Å²) in [5, 5.41) is 0.848. The second kappa shape index (κ2) is 3.11. The number of hydrogen-bond donors (Lipinski definition) is 0. The van der Waals surface area contributed by atoms with E-state index in [1.165, 1.54) is 0 Å². The van der Waals surface area contributed by atoms with E-state index in [4.69, 9.17) is 0 Å². The van der Waals surface area contributed by atoms with Gasteiger partial charge in [0.1, 0.15) is 0 Å². The summed E-state index contributed by atoms with van der Waals surface area (Å²) in [7, 11) is 0. The molecule has 0 spiro atoms. The fourth-order valence-electron chi connectivity index (χ4n) is 1.01. The van der Waals surface area contributed by atoms with E-state index in [0.717, 1.165) is 0 Å². The second-order valence-corrected chi connectivity index (χ2v) is 10.00. The Bertz CT molecular complexity index is 93.4. The lowest BCUT2D eigenvalue weighted by molar-refractivity contribution is 0.721. The summed E-state index contributed by atoms with van der Waals surface area (Å²) in [6.07, 6.45) is 0. The fraction of sp³-hybridized carbons (Fsp3) is 1.00. The van der Waals surface area contributed by atoms with Crippen molar-refractivity contribution in [3.63, 3.8) is 0 Å². The van der Waals surface area contributed by atoms with Crippen molar-refractivity contribution in [2.45, 2.75) is 51.9 Å². The molecule has 0 bridgehead atoms. The van der Waals surface area contributed by atoms with Gasteiger partial charge in [0.25, 0.3) is 0 Å². The molecule has 0 radical (unpaired) electrons. The Labute approximate surface area is 74.3 Å². The highest BCUT2D eigenvalue weighted by Gasteiger charge is 2.31. The highest BCUT2D eigenvalue weighted by atomic mass is 79.9. The van der Waals surface area contributed by atoms with Gasteiger partial charge >= 0.3 is 0 Å². The molecule has 0 aromatic rings. The molecule has 0 aliphatic carbocycles. The summed E-state index contributed by atoms with van der Waals surface area (Å²) in [6.45, 7) is 13.7. The van der Waals surface area contributed by atoms with Crippen molar-refractivity contribution in [2.75, 3.05) is 0 Å². The number of hydrogen-bond acceptors (Lipinski definition) is 0. The first-order valence-corrected chi connectivity index (χ1v) is 6.98. The van der Waals surface area contributed by atoms with E-state index in [-0.39, 0.29) is 6.62 Å². The molecule has 0 aliphatic heterocycles. The third kappa shape index (κ3) is 3.34. The Morgan fingerprint density at radius 3 is 1.00 bits per heavy atom. The minimum Gasteiger partial charge on any atom is -0.0594 e. The SMILES string of the molecule is CC(C)(C)P(Br)C(C)(C)C. The lowest BCUT2D eigenvalue weighted by Gasteiger charge is -2.36. The largest absolute Gasteiger partial charge is 0.0594 e. The van der Waals surface area contributed by atoms with Gasteiger partial charge in [-0.15, -0.1) is 0 Å². The molecule has 0 heterocycles. The van der Waals surface area contributed by atoms with Crippen LogP contribution in [0.25, 0.3) is 0 Å². The minimum atomic E-state index is -0.0502. The van der Waals surface area contributed by atoms with E-state index in [2.05, 4.69) is 57.0 Å². The van der Waals surface area contributed by atoms with Crippen molar-refractivity contribution in [1.29, 1.82) is 0 Å². The third-order valence-corrected chi connectivity index (χ3v) is 9.92. The molecule has 0 aliphatic rings. The second-order valence-electron chi connectivity index (χ2n) is 4.62. The molecule has 0 saturated heterocycles. The van der Waals surface area contributed by atoms with Gasteiger partial charge in [-0.25, -0.2) is 0 Å². The molecular weight excluding hydrogens is 207 g/mol. The van der Waals surface area contributed by atoms with Crippen molar-refractivity contribution >= 4 is 22.1 Å². The van der Waals surface area contributed by atoms with E-state index in [0.29, 0.717) is 10.3 Å². The maximum Gasteiger partial charge on any atom is -0.00765 e. The predicted octanol–water partition coefficient (Wildman–Crippen LogP) is 4.38. The van der Waals surface area contributed by atoms with E-state index < -0.39 is 0 Å². The average Bonchev–Trinajstić information content (AvgIpc) is 1.59. The van der Waals surface area contributed by atoms with Gasteiger partial charge in [-0.3, -0.25) is 0 Å². The van der Waals surface area contributed by atoms with E-state index in [1.54, 1.807) is 0 Å². The van der Waals surface area contributed by atoms with Crippen LogP contribution in [0.15, 0.2) is 0 Å². The van der Waals surface area contributed by atoms with Gasteiger partial charge in [0.2, 0.25) is 0 Å². The topological polar surface area (TPSA) is 0 Å². The minimum absolute atomic E-state index is 0.0502. The van der Waals surface area contributed by atoms with Crippen molar-refractivity contribution < 1.29 is 0 Å². The molecule has 0 fully saturated rings. The summed E-state index contributed by atoms with van der Waals surface area (Å²) in [6, 6.07) is 0. The fourth-order valence-corrected chi connectivity index (χ4v) is 3.02. The predicted molar refractivity (Wildman–Crippen MR) is 55.4 cm³/mol. The van der Waals surface area contributed by atoms with Gasteiger partial charge < -0.3 is 0 Å². The Balaban J connectivity index is 4.23. The lowest BCUT2D eigenvalue weighted by Crippen LogP contribution is -2.21. The van der Waals surface area contributed by atoms with Gasteiger partial charge in [-0.05, 0) is 16.9 Å². The summed E-state index contributed by atoms with van der Waals surface area (Å²) < 4.78 is 0. The van der Waals surface area contributed by atoms with Gasteiger partial charge in [-0.2, -0.15) is 0 Å². The molecule has 0 saturated carbocycles. The normalized spacial score (nSPS) is 14.4. The first-order valence-electron chi connectivity index (χ1n) is 3.62. The lowest BCUT2D eigenvalue weighted by atomic mass is 10.2. The van der Waals surface area contributed by atoms with Crippen LogP contribution in [0.4, 0.5) is 0 Å². The first kappa shape index (κ1) is 10.9. The molecule has 10 heavy (non-hydrogen) atoms. The molecule has 0 aromatic carbocycles. The van der Waals surface area contributed by atoms with Crippen LogP contribution in [0.5, 0.6) is 0 Å². The summed E-state index contributed by atoms with van der Waals surface area (Å²) in [5.41, 5.74) is 0. The third-order valence-electron chi connectivity index (χ3n) is 1.18. The molecule has 0 rings (SSSR count). The van der Waals surface area contributed by atoms with Crippen molar-refractivity contribution in [3.05, 3.63) is 0 Å². The highest BCUT2D eigenvalue weighted by molar-refractivity contribution is 9.39. The first-order chi connectivity index (χ1) is 4.15. The number of rotatable bonds is 0. The zero-order valence-corrected chi connectivity index (χ0v) is 10.3. The van der Waals surface area contributed by atoms with E-state index >= 15 is 0 Å². The van der Waals surface area contributed by atoms with Crippen molar-refractivity contribution in [3.8, 4) is 0 Å². The van der Waals surface area contributed by atoms with Crippen LogP contribution in [-0.4, -0.2) is 10.3 Å². The standard InChI is InChI=1S/C8H18BrP/c1-7(2,3)10(9)8(4,5)6/h1-6H3. The number of halogens is 1. The molecule has 0 atom stereocenters. The van der Waals surface area contributed by atoms with Crippen LogP contribution >= 0.6 is 22.1 Å². The summed E-state index contributed by atoms with van der Waals surface area (Å²) >= 11 is 3.78. The Morgan fingerprint density at radius 1 is 0.800 bits per heavy atom. The van der Waals surface area contributed by atoms with E-state index in [1.807, 2.05) is 0 Å². The molecule has 0 amide bonds. The van der Waals surface area contributed by atoms with Crippen molar-refractivity contribution in [2.24, 2.45) is 0 Å². The summed E-state index contributed by atoms with van der Waals surface area (Å²) in [5.74, 6) is 0. The zero-order chi connectivity index (χ0) is 8.58. The van der Waals surface area contributed by atoms with Crippen LogP contribution in [0, 0.1) is 0 Å². The molecule has 0 aromatic heterocycles. The zero-order valence-electron chi connectivity index (χ0n) is 7.83. The van der Waals surface area contributed by atoms with E-state index in [9.17, 15) is 0 Å². The van der Waals surface area contributed by atoms with Crippen molar-refractivity contribution in [1.82, 2.24) is 0 Å². The van der Waals surface area contributed by atoms with Crippen LogP contribution in [0.3, 0.4) is 0 Å².